The fraction of sp³-hybridized carbons (Fsp3) is 0.588. The number of amides is 2. The Morgan fingerprint density at radius 1 is 1.28 bits per heavy atom. The van der Waals surface area contributed by atoms with Crippen LogP contribution in [0.4, 0.5) is 9.18 Å². The summed E-state index contributed by atoms with van der Waals surface area (Å²) in [7, 11) is 0. The molecule has 1 aromatic heterocycles. The number of ether oxygens (including phenoxy) is 1. The summed E-state index contributed by atoms with van der Waals surface area (Å²) in [5.74, 6) is -0.730. The average Bonchev–Trinajstić information content (AvgIpc) is 2.88. The summed E-state index contributed by atoms with van der Waals surface area (Å²) >= 11 is 0. The molecule has 0 radical (unpaired) electrons. The summed E-state index contributed by atoms with van der Waals surface area (Å²) in [4.78, 5) is 22.9. The van der Waals surface area contributed by atoms with E-state index >= 15 is 0 Å². The minimum absolute atomic E-state index is 0.0409. The third kappa shape index (κ3) is 6.94. The lowest BCUT2D eigenvalue weighted by atomic mass is 9.92. The number of rotatable bonds is 5. The summed E-state index contributed by atoms with van der Waals surface area (Å²) < 4.78 is 20.8. The van der Waals surface area contributed by atoms with Crippen LogP contribution in [0, 0.1) is 5.41 Å². The van der Waals surface area contributed by atoms with E-state index in [0.29, 0.717) is 0 Å². The molecule has 0 fully saturated rings. The van der Waals surface area contributed by atoms with E-state index in [1.807, 2.05) is 20.8 Å². The highest BCUT2D eigenvalue weighted by molar-refractivity contribution is 5.92. The van der Waals surface area contributed by atoms with Crippen molar-refractivity contribution in [3.8, 4) is 0 Å². The van der Waals surface area contributed by atoms with Crippen LogP contribution < -0.4 is 11.1 Å². The van der Waals surface area contributed by atoms with Crippen LogP contribution in [0.15, 0.2) is 23.7 Å². The number of allylic oxidation sites excluding steroid dienone is 1. The number of nitrogens with zero attached hydrogens (tertiary/aromatic N) is 2. The third-order valence-corrected chi connectivity index (χ3v) is 3.07. The second-order valence-electron chi connectivity index (χ2n) is 7.88. The number of carbonyl (C=O) groups excluding carboxylic acids is 2. The molecule has 7 nitrogen and oxygen atoms in total. The normalized spacial score (nSPS) is 13.2. The number of aromatic nitrogens is 2. The molecule has 0 atom stereocenters. The zero-order valence-electron chi connectivity index (χ0n) is 15.6. The van der Waals surface area contributed by atoms with Crippen LogP contribution in [0.2, 0.25) is 0 Å². The van der Waals surface area contributed by atoms with E-state index < -0.39 is 17.3 Å². The first-order chi connectivity index (χ1) is 11.3. The molecule has 0 saturated carbocycles. The van der Waals surface area contributed by atoms with E-state index in [2.05, 4.69) is 10.4 Å². The molecule has 0 bridgehead atoms. The fourth-order valence-corrected chi connectivity index (χ4v) is 2.04. The topological polar surface area (TPSA) is 99.2 Å². The van der Waals surface area contributed by atoms with Crippen molar-refractivity contribution < 1.29 is 18.7 Å². The van der Waals surface area contributed by atoms with Gasteiger partial charge in [0.1, 0.15) is 18.1 Å². The SMILES string of the molecule is CC(C)(C)NC(=O)c1ccn(CC(COC(N)=O)=C(F)C(C)(C)C)n1. The molecule has 140 valence electrons. The first-order valence-electron chi connectivity index (χ1n) is 7.96. The Kier molecular flexibility index (Phi) is 6.34. The van der Waals surface area contributed by atoms with Crippen LogP contribution in [0.1, 0.15) is 52.0 Å². The van der Waals surface area contributed by atoms with E-state index in [-0.39, 0.29) is 35.9 Å². The Bertz CT molecular complexity index is 666. The van der Waals surface area contributed by atoms with Gasteiger partial charge >= 0.3 is 6.09 Å². The lowest BCUT2D eigenvalue weighted by Gasteiger charge is -2.20. The lowest BCUT2D eigenvalue weighted by Crippen LogP contribution is -2.40. The molecule has 2 amide bonds. The van der Waals surface area contributed by atoms with Crippen molar-refractivity contribution in [3.05, 3.63) is 29.4 Å². The number of nitrogens with two attached hydrogens (primary N) is 1. The average molecular weight is 354 g/mol. The van der Waals surface area contributed by atoms with Crippen molar-refractivity contribution in [3.63, 3.8) is 0 Å². The molecule has 0 aliphatic heterocycles. The van der Waals surface area contributed by atoms with Gasteiger partial charge in [-0.1, -0.05) is 20.8 Å². The molecule has 25 heavy (non-hydrogen) atoms. The zero-order valence-corrected chi connectivity index (χ0v) is 15.6. The summed E-state index contributed by atoms with van der Waals surface area (Å²) in [6.07, 6.45) is 0.586. The smallest absolute Gasteiger partial charge is 0.404 e. The van der Waals surface area contributed by atoms with Gasteiger partial charge in [-0.2, -0.15) is 5.10 Å². The fourth-order valence-electron chi connectivity index (χ4n) is 2.04. The van der Waals surface area contributed by atoms with Gasteiger partial charge in [0.05, 0.1) is 6.54 Å². The monoisotopic (exact) mass is 354 g/mol. The molecule has 1 heterocycles. The standard InChI is InChI=1S/C17H27FN4O3/c1-16(2,3)13(18)11(10-25-15(19)24)9-22-8-7-12(21-22)14(23)20-17(4,5)6/h7-8H,9-10H2,1-6H3,(H2,19,24)(H,20,23). The third-order valence-electron chi connectivity index (χ3n) is 3.07. The molecule has 0 aliphatic carbocycles. The van der Waals surface area contributed by atoms with Crippen LogP contribution >= 0.6 is 0 Å². The minimum atomic E-state index is -0.982. The van der Waals surface area contributed by atoms with Gasteiger partial charge < -0.3 is 15.8 Å². The highest BCUT2D eigenvalue weighted by atomic mass is 19.1. The molecule has 8 heteroatoms. The molecule has 0 spiro atoms. The molecular weight excluding hydrogens is 327 g/mol. The van der Waals surface area contributed by atoms with E-state index in [1.165, 1.54) is 4.68 Å². The molecular formula is C17H27FN4O3. The van der Waals surface area contributed by atoms with Crippen LogP contribution in [0.25, 0.3) is 0 Å². The van der Waals surface area contributed by atoms with Crippen LogP contribution in [-0.4, -0.2) is 33.9 Å². The van der Waals surface area contributed by atoms with Crippen molar-refractivity contribution in [2.24, 2.45) is 11.1 Å². The van der Waals surface area contributed by atoms with Crippen LogP contribution in [-0.2, 0) is 11.3 Å². The van der Waals surface area contributed by atoms with Gasteiger partial charge in [-0.05, 0) is 26.8 Å². The van der Waals surface area contributed by atoms with Gasteiger partial charge in [-0.3, -0.25) is 9.48 Å². The van der Waals surface area contributed by atoms with Crippen molar-refractivity contribution in [2.45, 2.75) is 53.6 Å². The number of primary amides is 1. The summed E-state index contributed by atoms with van der Waals surface area (Å²) in [5, 5.41) is 6.96. The van der Waals surface area contributed by atoms with Gasteiger partial charge in [0.25, 0.3) is 5.91 Å². The van der Waals surface area contributed by atoms with Gasteiger partial charge in [-0.15, -0.1) is 0 Å². The predicted octanol–water partition coefficient (Wildman–Crippen LogP) is 2.78. The number of carbonyl (C=O) groups is 2. The maximum atomic E-state index is 14.6. The second kappa shape index (κ2) is 7.67. The van der Waals surface area contributed by atoms with Crippen molar-refractivity contribution in [1.29, 1.82) is 0 Å². The van der Waals surface area contributed by atoms with Crippen LogP contribution in [0.3, 0.4) is 0 Å². The first kappa shape index (κ1) is 20.7. The second-order valence-corrected chi connectivity index (χ2v) is 7.88. The number of nitrogens with one attached hydrogen (secondary N) is 1. The number of halogens is 1. The quantitative estimate of drug-likeness (QED) is 0.849. The predicted molar refractivity (Wildman–Crippen MR) is 92.6 cm³/mol. The van der Waals surface area contributed by atoms with Gasteiger partial charge in [0.2, 0.25) is 0 Å². The Morgan fingerprint density at radius 3 is 2.36 bits per heavy atom. The Balaban J connectivity index is 2.99. The Hall–Kier alpha value is -2.38. The molecule has 3 N–H and O–H groups in total. The molecule has 0 aromatic carbocycles. The van der Waals surface area contributed by atoms with Gasteiger partial charge in [0, 0.05) is 22.7 Å². The minimum Gasteiger partial charge on any atom is -0.445 e. The highest BCUT2D eigenvalue weighted by Gasteiger charge is 2.23. The molecule has 0 aliphatic rings. The number of hydrogen-bond donors (Lipinski definition) is 2. The van der Waals surface area contributed by atoms with Crippen LogP contribution in [0.5, 0.6) is 0 Å². The van der Waals surface area contributed by atoms with Gasteiger partial charge in [-0.25, -0.2) is 9.18 Å². The lowest BCUT2D eigenvalue weighted by molar-refractivity contribution is 0.0913. The largest absolute Gasteiger partial charge is 0.445 e. The maximum Gasteiger partial charge on any atom is 0.404 e. The zero-order chi connectivity index (χ0) is 19.4. The molecule has 1 rings (SSSR count). The van der Waals surface area contributed by atoms with E-state index in [4.69, 9.17) is 10.5 Å². The van der Waals surface area contributed by atoms with Crippen molar-refractivity contribution in [2.75, 3.05) is 6.61 Å². The molecule has 1 aromatic rings. The van der Waals surface area contributed by atoms with E-state index in [1.54, 1.807) is 33.0 Å². The summed E-state index contributed by atoms with van der Waals surface area (Å²) in [6.45, 7) is 10.5. The van der Waals surface area contributed by atoms with E-state index in [0.717, 1.165) is 0 Å². The molecule has 0 unspecified atom stereocenters. The van der Waals surface area contributed by atoms with Crippen molar-refractivity contribution >= 4 is 12.0 Å². The van der Waals surface area contributed by atoms with Crippen molar-refractivity contribution in [1.82, 2.24) is 15.1 Å². The number of hydrogen-bond acceptors (Lipinski definition) is 4. The summed E-state index contributed by atoms with van der Waals surface area (Å²) in [5.41, 5.74) is 4.28. The molecule has 0 saturated heterocycles. The summed E-state index contributed by atoms with van der Waals surface area (Å²) in [6, 6.07) is 1.54. The Labute approximate surface area is 147 Å². The highest BCUT2D eigenvalue weighted by Crippen LogP contribution is 2.30. The Morgan fingerprint density at radius 2 is 1.88 bits per heavy atom. The maximum absolute atomic E-state index is 14.6. The van der Waals surface area contributed by atoms with E-state index in [9.17, 15) is 14.0 Å². The first-order valence-corrected chi connectivity index (χ1v) is 7.96. The van der Waals surface area contributed by atoms with Gasteiger partial charge in [0.15, 0.2) is 0 Å².